The Kier molecular flexibility index (Phi) is 9.84. The van der Waals surface area contributed by atoms with E-state index in [-0.39, 0.29) is 11.8 Å². The molecule has 7 heterocycles. The van der Waals surface area contributed by atoms with E-state index in [2.05, 4.69) is 60.3 Å². The van der Waals surface area contributed by atoms with Gasteiger partial charge in [-0.25, -0.2) is 39.6 Å². The number of aromatic amines is 1. The van der Waals surface area contributed by atoms with Crippen LogP contribution in [0.2, 0.25) is 0 Å². The summed E-state index contributed by atoms with van der Waals surface area (Å²) in [6.07, 6.45) is 14.5. The third-order valence-electron chi connectivity index (χ3n) is 8.72. The molecule has 1 fully saturated rings. The molecule has 1 aliphatic heterocycles. The number of anilines is 3. The van der Waals surface area contributed by atoms with Gasteiger partial charge in [-0.1, -0.05) is 6.92 Å². The quantitative estimate of drug-likeness (QED) is 0.128. The van der Waals surface area contributed by atoms with Gasteiger partial charge in [0.1, 0.15) is 23.5 Å². The van der Waals surface area contributed by atoms with Crippen molar-refractivity contribution in [2.24, 2.45) is 0 Å². The smallest absolute Gasteiger partial charge is 0.254 e. The molecule has 6 aromatic heterocycles. The summed E-state index contributed by atoms with van der Waals surface area (Å²) in [7, 11) is 0. The lowest BCUT2D eigenvalue weighted by molar-refractivity contribution is -0.121. The third kappa shape index (κ3) is 7.51. The van der Waals surface area contributed by atoms with Gasteiger partial charge in [0.15, 0.2) is 5.65 Å². The van der Waals surface area contributed by atoms with Crippen LogP contribution in [0.5, 0.6) is 0 Å². The predicted molar refractivity (Wildman–Crippen MR) is 192 cm³/mol. The number of amides is 2. The highest BCUT2D eigenvalue weighted by Gasteiger charge is 2.22. The zero-order valence-electron chi connectivity index (χ0n) is 28.3. The Labute approximate surface area is 293 Å². The molecule has 51 heavy (non-hydrogen) atoms. The van der Waals surface area contributed by atoms with E-state index in [4.69, 9.17) is 10.8 Å². The lowest BCUT2D eigenvalue weighted by Gasteiger charge is -2.34. The van der Waals surface area contributed by atoms with Crippen LogP contribution >= 0.6 is 0 Å². The molecule has 2 amide bonds. The number of rotatable bonds is 13. The molecule has 0 spiro atoms. The Morgan fingerprint density at radius 1 is 0.882 bits per heavy atom. The van der Waals surface area contributed by atoms with Crippen molar-refractivity contribution in [2.75, 3.05) is 48.3 Å². The fourth-order valence-corrected chi connectivity index (χ4v) is 5.98. The first-order valence-corrected chi connectivity index (χ1v) is 17.0. The maximum Gasteiger partial charge on any atom is 0.254 e. The summed E-state index contributed by atoms with van der Waals surface area (Å²) >= 11 is 0. The monoisotopic (exact) mass is 689 g/mol. The molecule has 0 atom stereocenters. The second-order valence-corrected chi connectivity index (χ2v) is 12.3. The number of aromatic nitrogens is 10. The Hall–Kier alpha value is -6.26. The summed E-state index contributed by atoms with van der Waals surface area (Å²) in [5.41, 5.74) is 10.5. The first kappa shape index (κ1) is 33.2. The number of nitrogens with two attached hydrogens (primary N) is 1. The predicted octanol–water partition coefficient (Wildman–Crippen LogP) is 2.48. The average molecular weight is 690 g/mol. The lowest BCUT2D eigenvalue weighted by atomic mass is 10.1. The normalized spacial score (nSPS) is 13.2. The third-order valence-corrected chi connectivity index (χ3v) is 8.72. The van der Waals surface area contributed by atoms with Gasteiger partial charge in [-0.2, -0.15) is 5.10 Å². The number of carbonyl (C=O) groups is 2. The standard InChI is InChI=1S/C34H39N15O2/c1-2-5-26(50)38-15-22-16-40-33(41-17-22)47-10-12-48(13-11-47)34-42-19-25(20-43-34)32(51)37-7-3-4-9-49-31-27(29(35)44-21-45-31)28(46-49)24-14-23-6-8-36-30(23)39-18-24/h6,8,14,16-21H,2-5,7,9-13,15H2,1H3,(H,36,39)(H,37,51)(H,38,50)(H2,35,44,45). The highest BCUT2D eigenvalue weighted by molar-refractivity contribution is 5.99. The van der Waals surface area contributed by atoms with Crippen molar-refractivity contribution in [3.05, 3.63) is 66.8 Å². The van der Waals surface area contributed by atoms with Crippen LogP contribution in [0, 0.1) is 0 Å². The zero-order valence-corrected chi connectivity index (χ0v) is 28.3. The van der Waals surface area contributed by atoms with Gasteiger partial charge < -0.3 is 31.2 Å². The van der Waals surface area contributed by atoms with Crippen LogP contribution in [-0.4, -0.2) is 94.2 Å². The summed E-state index contributed by atoms with van der Waals surface area (Å²) < 4.78 is 1.83. The summed E-state index contributed by atoms with van der Waals surface area (Å²) in [6, 6.07) is 3.97. The minimum Gasteiger partial charge on any atom is -0.383 e. The Balaban J connectivity index is 0.868. The first-order chi connectivity index (χ1) is 25.0. The number of pyridine rings is 1. The number of piperazine rings is 1. The molecular weight excluding hydrogens is 650 g/mol. The van der Waals surface area contributed by atoms with Crippen molar-refractivity contribution >= 4 is 51.6 Å². The van der Waals surface area contributed by atoms with E-state index in [1.165, 1.54) is 6.33 Å². The largest absolute Gasteiger partial charge is 0.383 e. The van der Waals surface area contributed by atoms with Gasteiger partial charge in [-0.3, -0.25) is 9.59 Å². The van der Waals surface area contributed by atoms with Gasteiger partial charge >= 0.3 is 0 Å². The van der Waals surface area contributed by atoms with Crippen LogP contribution in [0.3, 0.4) is 0 Å². The highest BCUT2D eigenvalue weighted by Crippen LogP contribution is 2.31. The molecule has 0 bridgehead atoms. The number of hydrogen-bond acceptors (Lipinski definition) is 13. The summed E-state index contributed by atoms with van der Waals surface area (Å²) in [4.78, 5) is 62.9. The average Bonchev–Trinajstić information content (AvgIpc) is 3.79. The summed E-state index contributed by atoms with van der Waals surface area (Å²) in [5, 5.41) is 12.3. The van der Waals surface area contributed by atoms with Crippen LogP contribution in [0.25, 0.3) is 33.3 Å². The first-order valence-electron chi connectivity index (χ1n) is 17.0. The Bertz CT molecular complexity index is 2120. The molecule has 0 unspecified atom stereocenters. The van der Waals surface area contributed by atoms with E-state index >= 15 is 0 Å². The lowest BCUT2D eigenvalue weighted by Crippen LogP contribution is -2.47. The number of aryl methyl sites for hydroxylation is 1. The fraction of sp³-hybridized carbons (Fsp3) is 0.353. The number of nitrogens with zero attached hydrogens (tertiary/aromatic N) is 11. The molecule has 5 N–H and O–H groups in total. The van der Waals surface area contributed by atoms with Crippen molar-refractivity contribution < 1.29 is 9.59 Å². The molecule has 0 aliphatic carbocycles. The number of carbonyl (C=O) groups excluding carboxylic acids is 2. The molecule has 17 heteroatoms. The number of fused-ring (bicyclic) bond motifs is 2. The SMILES string of the molecule is CCCC(=O)NCc1cnc(N2CCN(c3ncc(C(=O)NCCCCn4nc(-c5cnc6[nH]ccc6c5)c5c(N)ncnc54)cn3)CC2)nc1. The van der Waals surface area contributed by atoms with Gasteiger partial charge in [-0.05, 0) is 31.4 Å². The van der Waals surface area contributed by atoms with Crippen LogP contribution in [-0.2, 0) is 17.9 Å². The van der Waals surface area contributed by atoms with Crippen LogP contribution in [0.1, 0.15) is 48.5 Å². The van der Waals surface area contributed by atoms with Gasteiger partial charge in [0.2, 0.25) is 17.8 Å². The zero-order chi connectivity index (χ0) is 35.2. The van der Waals surface area contributed by atoms with E-state index in [9.17, 15) is 9.59 Å². The van der Waals surface area contributed by atoms with Crippen LogP contribution < -0.4 is 26.2 Å². The van der Waals surface area contributed by atoms with E-state index in [1.807, 2.05) is 29.9 Å². The van der Waals surface area contributed by atoms with Gasteiger partial charge in [0.25, 0.3) is 5.91 Å². The molecule has 6 aromatic rings. The highest BCUT2D eigenvalue weighted by atomic mass is 16.2. The van der Waals surface area contributed by atoms with Crippen molar-refractivity contribution in [1.82, 2.24) is 60.3 Å². The Morgan fingerprint density at radius 2 is 1.61 bits per heavy atom. The van der Waals surface area contributed by atoms with E-state index in [1.54, 1.807) is 31.0 Å². The molecular formula is C34H39N15O2. The minimum atomic E-state index is -0.225. The van der Waals surface area contributed by atoms with Crippen molar-refractivity contribution in [3.8, 4) is 11.3 Å². The summed E-state index contributed by atoms with van der Waals surface area (Å²) in [5.74, 6) is 1.39. The van der Waals surface area contributed by atoms with Gasteiger partial charge in [0.05, 0.1) is 10.9 Å². The number of nitrogen functional groups attached to an aromatic ring is 1. The molecule has 0 aromatic carbocycles. The molecule has 1 aliphatic rings. The van der Waals surface area contributed by atoms with Gasteiger partial charge in [-0.15, -0.1) is 0 Å². The van der Waals surface area contributed by atoms with Gasteiger partial charge in [0, 0.05) is 106 Å². The summed E-state index contributed by atoms with van der Waals surface area (Å²) in [6.45, 7) is 6.25. The topological polar surface area (TPSA) is 215 Å². The molecule has 17 nitrogen and oxygen atoms in total. The second-order valence-electron chi connectivity index (χ2n) is 12.3. The molecule has 0 radical (unpaired) electrons. The maximum absolute atomic E-state index is 12.8. The second kappa shape index (κ2) is 15.1. The number of unbranched alkanes of at least 4 members (excludes halogenated alkanes) is 1. The van der Waals surface area contributed by atoms with Crippen LogP contribution in [0.4, 0.5) is 17.7 Å². The molecule has 7 rings (SSSR count). The van der Waals surface area contributed by atoms with E-state index in [0.717, 1.165) is 41.4 Å². The van der Waals surface area contributed by atoms with Crippen molar-refractivity contribution in [2.45, 2.75) is 45.7 Å². The number of nitrogens with one attached hydrogen (secondary N) is 3. The number of H-pyrrole nitrogens is 1. The Morgan fingerprint density at radius 3 is 2.33 bits per heavy atom. The number of hydrogen-bond donors (Lipinski definition) is 4. The van der Waals surface area contributed by atoms with Crippen molar-refractivity contribution in [1.29, 1.82) is 0 Å². The molecule has 0 saturated carbocycles. The van der Waals surface area contributed by atoms with Crippen molar-refractivity contribution in [3.63, 3.8) is 0 Å². The fourth-order valence-electron chi connectivity index (χ4n) is 5.98. The molecule has 262 valence electrons. The van der Waals surface area contributed by atoms with E-state index < -0.39 is 0 Å². The van der Waals surface area contributed by atoms with E-state index in [0.29, 0.717) is 92.2 Å². The minimum absolute atomic E-state index is 0.0268. The maximum atomic E-state index is 12.8. The van der Waals surface area contributed by atoms with Crippen LogP contribution in [0.15, 0.2) is 55.6 Å². The molecule has 1 saturated heterocycles.